The number of alkyl carbamates (subject to hydrolysis) is 1. The van der Waals surface area contributed by atoms with Crippen molar-refractivity contribution in [1.29, 1.82) is 0 Å². The summed E-state index contributed by atoms with van der Waals surface area (Å²) in [6.45, 7) is 3.67. The van der Waals surface area contributed by atoms with E-state index in [1.807, 2.05) is 66.4 Å². The number of hydrogen-bond acceptors (Lipinski definition) is 4. The Balaban J connectivity index is 1.60. The fourth-order valence-electron chi connectivity index (χ4n) is 4.00. The molecule has 0 spiro atoms. The third kappa shape index (κ3) is 6.00. The lowest BCUT2D eigenvalue weighted by atomic mass is 9.84. The maximum atomic E-state index is 12.7. The van der Waals surface area contributed by atoms with Gasteiger partial charge in [-0.3, -0.25) is 4.79 Å². The van der Waals surface area contributed by atoms with Crippen molar-refractivity contribution in [3.8, 4) is 5.75 Å². The largest absolute Gasteiger partial charge is 0.497 e. The molecule has 0 atom stereocenters. The average Bonchev–Trinajstić information content (AvgIpc) is 2.80. The van der Waals surface area contributed by atoms with Gasteiger partial charge in [0.05, 0.1) is 7.11 Å². The molecule has 2 aromatic rings. The van der Waals surface area contributed by atoms with Gasteiger partial charge in [-0.2, -0.15) is 0 Å². The molecule has 6 heteroatoms. The zero-order valence-corrected chi connectivity index (χ0v) is 18.4. The highest BCUT2D eigenvalue weighted by atomic mass is 16.6. The van der Waals surface area contributed by atoms with Crippen molar-refractivity contribution in [3.63, 3.8) is 0 Å². The standard InChI is InChI=1S/C25H32N2O4/c1-3-7-23(28)27-18-15-25(16-19-27,21-8-5-4-6-9-21)31-24(29)26-17-14-20-10-12-22(30-2)13-11-20/h4-6,8-13H,3,7,14-19H2,1-2H3,(H,26,29). The Labute approximate surface area is 184 Å². The van der Waals surface area contributed by atoms with E-state index in [1.165, 1.54) is 0 Å². The van der Waals surface area contributed by atoms with Crippen molar-refractivity contribution in [2.75, 3.05) is 26.7 Å². The number of likely N-dealkylation sites (tertiary alicyclic amines) is 1. The summed E-state index contributed by atoms with van der Waals surface area (Å²) in [4.78, 5) is 26.8. The fraction of sp³-hybridized carbons (Fsp3) is 0.440. The van der Waals surface area contributed by atoms with E-state index in [2.05, 4.69) is 5.32 Å². The van der Waals surface area contributed by atoms with E-state index in [0.717, 1.165) is 23.3 Å². The van der Waals surface area contributed by atoms with E-state index >= 15 is 0 Å². The molecule has 1 aliphatic heterocycles. The molecule has 1 aliphatic rings. The predicted octanol–water partition coefficient (Wildman–Crippen LogP) is 4.28. The van der Waals surface area contributed by atoms with E-state index in [9.17, 15) is 9.59 Å². The maximum Gasteiger partial charge on any atom is 0.408 e. The molecule has 166 valence electrons. The molecule has 1 fully saturated rings. The third-order valence-corrected chi connectivity index (χ3v) is 5.82. The first kappa shape index (κ1) is 22.7. The smallest absolute Gasteiger partial charge is 0.408 e. The second-order valence-corrected chi connectivity index (χ2v) is 7.91. The second-order valence-electron chi connectivity index (χ2n) is 7.91. The quantitative estimate of drug-likeness (QED) is 0.687. The number of methoxy groups -OCH3 is 1. The van der Waals surface area contributed by atoms with Gasteiger partial charge in [-0.25, -0.2) is 4.79 Å². The zero-order valence-electron chi connectivity index (χ0n) is 18.4. The van der Waals surface area contributed by atoms with Gasteiger partial charge < -0.3 is 19.7 Å². The number of benzene rings is 2. The molecule has 3 rings (SSSR count). The maximum absolute atomic E-state index is 12.7. The highest BCUT2D eigenvalue weighted by Gasteiger charge is 2.40. The molecule has 0 aromatic heterocycles. The lowest BCUT2D eigenvalue weighted by molar-refractivity contribution is -0.135. The van der Waals surface area contributed by atoms with Gasteiger partial charge in [-0.05, 0) is 36.1 Å². The summed E-state index contributed by atoms with van der Waals surface area (Å²) < 4.78 is 11.2. The van der Waals surface area contributed by atoms with E-state index < -0.39 is 11.7 Å². The predicted molar refractivity (Wildman–Crippen MR) is 120 cm³/mol. The summed E-state index contributed by atoms with van der Waals surface area (Å²) >= 11 is 0. The van der Waals surface area contributed by atoms with Crippen LogP contribution in [0.5, 0.6) is 5.75 Å². The van der Waals surface area contributed by atoms with Gasteiger partial charge in [0, 0.05) is 38.9 Å². The van der Waals surface area contributed by atoms with Crippen LogP contribution in [0.3, 0.4) is 0 Å². The number of hydrogen-bond donors (Lipinski definition) is 1. The van der Waals surface area contributed by atoms with Crippen molar-refractivity contribution in [2.24, 2.45) is 0 Å². The van der Waals surface area contributed by atoms with Gasteiger partial charge in [0.15, 0.2) is 0 Å². The molecule has 0 bridgehead atoms. The van der Waals surface area contributed by atoms with Crippen LogP contribution in [0.15, 0.2) is 54.6 Å². The Bertz CT molecular complexity index is 844. The van der Waals surface area contributed by atoms with Crippen LogP contribution in [-0.2, 0) is 21.6 Å². The minimum absolute atomic E-state index is 0.174. The first-order valence-corrected chi connectivity index (χ1v) is 11.0. The molecule has 0 unspecified atom stereocenters. The van der Waals surface area contributed by atoms with Crippen LogP contribution in [0.25, 0.3) is 0 Å². The zero-order chi connectivity index (χ0) is 22.1. The number of ether oxygens (including phenoxy) is 2. The van der Waals surface area contributed by atoms with E-state index in [1.54, 1.807) is 7.11 Å². The van der Waals surface area contributed by atoms with Gasteiger partial charge in [0.2, 0.25) is 5.91 Å². The van der Waals surface area contributed by atoms with Gasteiger partial charge in [-0.15, -0.1) is 0 Å². The Morgan fingerprint density at radius 1 is 1.03 bits per heavy atom. The molecule has 1 N–H and O–H groups in total. The normalized spacial score (nSPS) is 15.2. The van der Waals surface area contributed by atoms with Crippen LogP contribution in [-0.4, -0.2) is 43.6 Å². The molecular weight excluding hydrogens is 392 g/mol. The number of amides is 2. The van der Waals surface area contributed by atoms with Crippen molar-refractivity contribution < 1.29 is 19.1 Å². The van der Waals surface area contributed by atoms with E-state index in [0.29, 0.717) is 45.3 Å². The Morgan fingerprint density at radius 3 is 2.32 bits per heavy atom. The molecule has 2 amide bonds. The summed E-state index contributed by atoms with van der Waals surface area (Å²) in [6.07, 6.45) is 2.87. The SMILES string of the molecule is CCCC(=O)N1CCC(OC(=O)NCCc2ccc(OC)cc2)(c2ccccc2)CC1. The third-order valence-electron chi connectivity index (χ3n) is 5.82. The molecule has 2 aromatic carbocycles. The summed E-state index contributed by atoms with van der Waals surface area (Å²) in [5.41, 5.74) is 1.37. The number of piperidine rings is 1. The molecule has 0 radical (unpaired) electrons. The van der Waals surface area contributed by atoms with Crippen molar-refractivity contribution in [1.82, 2.24) is 10.2 Å². The van der Waals surface area contributed by atoms with Gasteiger partial charge >= 0.3 is 6.09 Å². The van der Waals surface area contributed by atoms with Crippen LogP contribution in [0.2, 0.25) is 0 Å². The summed E-state index contributed by atoms with van der Waals surface area (Å²) in [5.74, 6) is 0.984. The van der Waals surface area contributed by atoms with Gasteiger partial charge in [0.1, 0.15) is 11.4 Å². The van der Waals surface area contributed by atoms with Crippen LogP contribution in [0.4, 0.5) is 4.79 Å². The Morgan fingerprint density at radius 2 is 1.71 bits per heavy atom. The lowest BCUT2D eigenvalue weighted by Gasteiger charge is -2.41. The minimum atomic E-state index is -0.714. The minimum Gasteiger partial charge on any atom is -0.497 e. The molecule has 6 nitrogen and oxygen atoms in total. The molecule has 0 saturated carbocycles. The number of carbonyl (C=O) groups excluding carboxylic acids is 2. The summed E-state index contributed by atoms with van der Waals surface area (Å²) in [6, 6.07) is 17.6. The van der Waals surface area contributed by atoms with Crippen molar-refractivity contribution in [2.45, 2.75) is 44.6 Å². The molecule has 31 heavy (non-hydrogen) atoms. The molecule has 1 heterocycles. The highest BCUT2D eigenvalue weighted by molar-refractivity contribution is 5.76. The first-order chi connectivity index (χ1) is 15.1. The Kier molecular flexibility index (Phi) is 7.93. The van der Waals surface area contributed by atoms with Crippen LogP contribution >= 0.6 is 0 Å². The van der Waals surface area contributed by atoms with E-state index in [4.69, 9.17) is 9.47 Å². The summed E-state index contributed by atoms with van der Waals surface area (Å²) in [5, 5.41) is 2.88. The average molecular weight is 425 g/mol. The fourth-order valence-corrected chi connectivity index (χ4v) is 4.00. The monoisotopic (exact) mass is 424 g/mol. The number of nitrogens with one attached hydrogen (secondary N) is 1. The topological polar surface area (TPSA) is 67.9 Å². The second kappa shape index (κ2) is 10.8. The Hall–Kier alpha value is -3.02. The number of nitrogens with zero attached hydrogens (tertiary/aromatic N) is 1. The molecule has 0 aliphatic carbocycles. The first-order valence-electron chi connectivity index (χ1n) is 11.0. The van der Waals surface area contributed by atoms with Crippen LogP contribution in [0, 0.1) is 0 Å². The van der Waals surface area contributed by atoms with Gasteiger partial charge in [-0.1, -0.05) is 49.4 Å². The van der Waals surface area contributed by atoms with Crippen molar-refractivity contribution in [3.05, 3.63) is 65.7 Å². The molecular formula is C25H32N2O4. The molecule has 1 saturated heterocycles. The summed E-state index contributed by atoms with van der Waals surface area (Å²) in [7, 11) is 1.64. The van der Waals surface area contributed by atoms with E-state index in [-0.39, 0.29) is 5.91 Å². The lowest BCUT2D eigenvalue weighted by Crippen LogP contribution is -2.48. The van der Waals surface area contributed by atoms with Crippen LogP contribution < -0.4 is 10.1 Å². The van der Waals surface area contributed by atoms with Crippen molar-refractivity contribution >= 4 is 12.0 Å². The number of rotatable bonds is 8. The highest BCUT2D eigenvalue weighted by Crippen LogP contribution is 2.37. The van der Waals surface area contributed by atoms with Crippen LogP contribution in [0.1, 0.15) is 43.7 Å². The number of carbonyl (C=O) groups is 2. The van der Waals surface area contributed by atoms with Gasteiger partial charge in [0.25, 0.3) is 0 Å².